The average Bonchev–Trinajstić information content (AvgIpc) is 3.11. The molecule has 0 aliphatic carbocycles. The molecule has 2 heterocycles. The van der Waals surface area contributed by atoms with E-state index in [0.29, 0.717) is 28.0 Å². The lowest BCUT2D eigenvalue weighted by Gasteiger charge is -2.14. The van der Waals surface area contributed by atoms with Gasteiger partial charge in [0, 0.05) is 12.0 Å². The zero-order valence-corrected chi connectivity index (χ0v) is 14.5. The van der Waals surface area contributed by atoms with E-state index in [1.165, 1.54) is 22.2 Å². The first-order valence-corrected chi connectivity index (χ1v) is 8.83. The number of benzene rings is 1. The zero-order chi connectivity index (χ0) is 17.8. The molecule has 6 nitrogen and oxygen atoms in total. The molecule has 0 radical (unpaired) electrons. The number of Topliss-reactive ketones (excluding diaryl/α,β-unsaturated/α-hetero) is 1. The van der Waals surface area contributed by atoms with Crippen LogP contribution in [0.15, 0.2) is 46.8 Å². The molecule has 25 heavy (non-hydrogen) atoms. The number of carbonyl (C=O) groups excluding carboxylic acids is 1. The number of carbonyl (C=O) groups is 1. The molecule has 130 valence electrons. The second-order valence-electron chi connectivity index (χ2n) is 5.60. The van der Waals surface area contributed by atoms with Gasteiger partial charge in [-0.1, -0.05) is 6.92 Å². The van der Waals surface area contributed by atoms with Gasteiger partial charge in [-0.15, -0.1) is 11.3 Å². The highest BCUT2D eigenvalue weighted by Crippen LogP contribution is 2.15. The number of hydrogen-bond donors (Lipinski definition) is 1. The van der Waals surface area contributed by atoms with Crippen LogP contribution in [0.2, 0.25) is 0 Å². The Bertz CT molecular complexity index is 930. The van der Waals surface area contributed by atoms with E-state index in [1.54, 1.807) is 30.3 Å². The van der Waals surface area contributed by atoms with Gasteiger partial charge in [-0.3, -0.25) is 14.2 Å². The van der Waals surface area contributed by atoms with Crippen LogP contribution in [0.1, 0.15) is 23.7 Å². The fourth-order valence-electron chi connectivity index (χ4n) is 2.42. The summed E-state index contributed by atoms with van der Waals surface area (Å²) in [6.07, 6.45) is 1.04. The molecule has 2 aromatic heterocycles. The van der Waals surface area contributed by atoms with Crippen LogP contribution in [-0.4, -0.2) is 33.2 Å². The van der Waals surface area contributed by atoms with Gasteiger partial charge >= 0.3 is 0 Å². The van der Waals surface area contributed by atoms with Crippen molar-refractivity contribution in [2.45, 2.75) is 26.0 Å². The second-order valence-corrected chi connectivity index (χ2v) is 6.52. The molecule has 0 fully saturated rings. The summed E-state index contributed by atoms with van der Waals surface area (Å²) in [6.45, 7) is 1.95. The summed E-state index contributed by atoms with van der Waals surface area (Å²) >= 11 is 1.33. The number of hydrogen-bond acceptors (Lipinski definition) is 6. The number of aliphatic hydroxyl groups excluding tert-OH is 1. The van der Waals surface area contributed by atoms with Gasteiger partial charge in [0.05, 0.1) is 18.4 Å². The maximum atomic E-state index is 12.3. The van der Waals surface area contributed by atoms with Gasteiger partial charge in [0.25, 0.3) is 5.56 Å². The van der Waals surface area contributed by atoms with Crippen molar-refractivity contribution < 1.29 is 14.6 Å². The van der Waals surface area contributed by atoms with Crippen LogP contribution in [0, 0.1) is 0 Å². The lowest BCUT2D eigenvalue weighted by atomic mass is 10.1. The van der Waals surface area contributed by atoms with E-state index < -0.39 is 6.10 Å². The summed E-state index contributed by atoms with van der Waals surface area (Å²) in [7, 11) is 0. The molecule has 3 aromatic rings. The number of nitrogens with zero attached hydrogens (tertiary/aromatic N) is 2. The predicted molar refractivity (Wildman–Crippen MR) is 96.4 cm³/mol. The van der Waals surface area contributed by atoms with Crippen molar-refractivity contribution in [2.24, 2.45) is 0 Å². The largest absolute Gasteiger partial charge is 0.491 e. The topological polar surface area (TPSA) is 81.4 Å². The molecule has 0 aliphatic rings. The second kappa shape index (κ2) is 7.58. The Morgan fingerprint density at radius 2 is 2.08 bits per heavy atom. The number of ether oxygens (including phenoxy) is 1. The van der Waals surface area contributed by atoms with Gasteiger partial charge < -0.3 is 9.84 Å². The van der Waals surface area contributed by atoms with E-state index in [-0.39, 0.29) is 24.5 Å². The molecule has 1 N–H and O–H groups in total. The Morgan fingerprint density at radius 3 is 2.80 bits per heavy atom. The van der Waals surface area contributed by atoms with Gasteiger partial charge in [-0.25, -0.2) is 4.98 Å². The van der Waals surface area contributed by atoms with Crippen molar-refractivity contribution >= 4 is 27.3 Å². The van der Waals surface area contributed by atoms with Gasteiger partial charge in [-0.2, -0.15) is 0 Å². The standard InChI is InChI=1S/C18H18N2O4S/c1-2-16(22)12-3-5-14(6-4-12)24-10-13(21)9-20-11-19-15-7-8-25-17(15)18(20)23/h3-8,11,13,21H,2,9-10H2,1H3. The normalized spacial score (nSPS) is 12.2. The summed E-state index contributed by atoms with van der Waals surface area (Å²) < 4.78 is 7.49. The first-order valence-electron chi connectivity index (χ1n) is 7.95. The number of aromatic nitrogens is 2. The maximum absolute atomic E-state index is 12.3. The number of ketones is 1. The van der Waals surface area contributed by atoms with Crippen molar-refractivity contribution in [2.75, 3.05) is 6.61 Å². The van der Waals surface area contributed by atoms with Crippen molar-refractivity contribution in [3.63, 3.8) is 0 Å². The van der Waals surface area contributed by atoms with Crippen LogP contribution in [0.25, 0.3) is 10.2 Å². The van der Waals surface area contributed by atoms with Crippen LogP contribution < -0.4 is 10.3 Å². The van der Waals surface area contributed by atoms with E-state index in [2.05, 4.69) is 4.98 Å². The minimum absolute atomic E-state index is 0.0377. The molecular formula is C18H18N2O4S. The van der Waals surface area contributed by atoms with Crippen molar-refractivity contribution in [1.82, 2.24) is 9.55 Å². The van der Waals surface area contributed by atoms with E-state index in [1.807, 2.05) is 12.3 Å². The molecule has 3 rings (SSSR count). The maximum Gasteiger partial charge on any atom is 0.271 e. The third-order valence-electron chi connectivity index (χ3n) is 3.78. The van der Waals surface area contributed by atoms with Crippen molar-refractivity contribution in [1.29, 1.82) is 0 Å². The molecular weight excluding hydrogens is 340 g/mol. The molecule has 7 heteroatoms. The average molecular weight is 358 g/mol. The molecule has 1 unspecified atom stereocenters. The number of aliphatic hydroxyl groups is 1. The molecule has 0 bridgehead atoms. The molecule has 0 spiro atoms. The van der Waals surface area contributed by atoms with E-state index in [9.17, 15) is 14.7 Å². The summed E-state index contributed by atoms with van der Waals surface area (Å²) in [6, 6.07) is 8.58. The minimum atomic E-state index is -0.853. The Balaban J connectivity index is 1.60. The molecule has 0 aliphatic heterocycles. The van der Waals surface area contributed by atoms with Crippen LogP contribution in [0.5, 0.6) is 5.75 Å². The molecule has 1 aromatic carbocycles. The zero-order valence-electron chi connectivity index (χ0n) is 13.7. The van der Waals surface area contributed by atoms with Crippen LogP contribution in [0.3, 0.4) is 0 Å². The third-order valence-corrected chi connectivity index (χ3v) is 4.67. The Morgan fingerprint density at radius 1 is 1.32 bits per heavy atom. The highest BCUT2D eigenvalue weighted by atomic mass is 32.1. The lowest BCUT2D eigenvalue weighted by molar-refractivity contribution is 0.0913. The molecule has 1 atom stereocenters. The first-order chi connectivity index (χ1) is 12.1. The highest BCUT2D eigenvalue weighted by Gasteiger charge is 2.11. The number of fused-ring (bicyclic) bond motifs is 1. The Kier molecular flexibility index (Phi) is 5.25. The van der Waals surface area contributed by atoms with Gasteiger partial charge in [0.1, 0.15) is 23.2 Å². The lowest BCUT2D eigenvalue weighted by Crippen LogP contribution is -2.30. The monoisotopic (exact) mass is 358 g/mol. The third kappa shape index (κ3) is 3.94. The highest BCUT2D eigenvalue weighted by molar-refractivity contribution is 7.17. The van der Waals surface area contributed by atoms with Crippen molar-refractivity contribution in [3.8, 4) is 5.75 Å². The van der Waals surface area contributed by atoms with E-state index in [0.717, 1.165) is 0 Å². The summed E-state index contributed by atoms with van der Waals surface area (Å²) in [5.41, 5.74) is 1.14. The smallest absolute Gasteiger partial charge is 0.271 e. The van der Waals surface area contributed by atoms with Crippen molar-refractivity contribution in [3.05, 3.63) is 58.0 Å². The van der Waals surface area contributed by atoms with Crippen LogP contribution >= 0.6 is 11.3 Å². The quantitative estimate of drug-likeness (QED) is 0.656. The van der Waals surface area contributed by atoms with Crippen LogP contribution in [0.4, 0.5) is 0 Å². The van der Waals surface area contributed by atoms with Crippen LogP contribution in [-0.2, 0) is 6.54 Å². The van der Waals surface area contributed by atoms with Gasteiger partial charge in [0.15, 0.2) is 5.78 Å². The SMILES string of the molecule is CCC(=O)c1ccc(OCC(O)Cn2cnc3ccsc3c2=O)cc1. The van der Waals surface area contributed by atoms with Gasteiger partial charge in [-0.05, 0) is 35.7 Å². The van der Waals surface area contributed by atoms with E-state index >= 15 is 0 Å². The summed E-state index contributed by atoms with van der Waals surface area (Å²) in [5.74, 6) is 0.633. The molecule has 0 saturated carbocycles. The number of rotatable bonds is 7. The first kappa shape index (κ1) is 17.3. The fraction of sp³-hybridized carbons (Fsp3) is 0.278. The summed E-state index contributed by atoms with van der Waals surface area (Å²) in [5, 5.41) is 11.9. The molecule has 0 saturated heterocycles. The Labute approximate surface area is 148 Å². The van der Waals surface area contributed by atoms with E-state index in [4.69, 9.17) is 4.74 Å². The molecule has 0 amide bonds. The minimum Gasteiger partial charge on any atom is -0.491 e. The van der Waals surface area contributed by atoms with Gasteiger partial charge in [0.2, 0.25) is 0 Å². The summed E-state index contributed by atoms with van der Waals surface area (Å²) in [4.78, 5) is 28.1. The fourth-order valence-corrected chi connectivity index (χ4v) is 3.21. The Hall–Kier alpha value is -2.51. The predicted octanol–water partition coefficient (Wildman–Crippen LogP) is 2.49. The number of thiophene rings is 1.